The largest absolute Gasteiger partial charge is 0.454 e. The lowest BCUT2D eigenvalue weighted by molar-refractivity contribution is 0.104. The van der Waals surface area contributed by atoms with Gasteiger partial charge >= 0.3 is 0 Å². The number of carbonyl (C=O) groups is 1. The van der Waals surface area contributed by atoms with Crippen molar-refractivity contribution in [2.45, 2.75) is 4.90 Å². The van der Waals surface area contributed by atoms with Crippen LogP contribution in [0.5, 0.6) is 11.5 Å². The normalized spacial score (nSPS) is 16.8. The molecule has 0 aromatic heterocycles. The number of benzene rings is 2. The molecule has 2 aliphatic heterocycles. The van der Waals surface area contributed by atoms with Crippen molar-refractivity contribution in [3.05, 3.63) is 56.6 Å². The van der Waals surface area contributed by atoms with Gasteiger partial charge in [-0.1, -0.05) is 23.9 Å². The minimum atomic E-state index is 0.00333. The molecule has 0 N–H and O–H groups in total. The number of rotatable bonds is 2. The molecule has 0 spiro atoms. The molecule has 6 heteroatoms. The molecule has 0 radical (unpaired) electrons. The van der Waals surface area contributed by atoms with Gasteiger partial charge < -0.3 is 14.4 Å². The number of ether oxygens (including phenoxy) is 2. The van der Waals surface area contributed by atoms with E-state index in [0.29, 0.717) is 5.56 Å². The fourth-order valence-electron chi connectivity index (χ4n) is 2.49. The summed E-state index contributed by atoms with van der Waals surface area (Å²) in [5.74, 6) is 1.51. The predicted molar refractivity (Wildman–Crippen MR) is 98.4 cm³/mol. The zero-order valence-electron chi connectivity index (χ0n) is 12.2. The summed E-state index contributed by atoms with van der Waals surface area (Å²) in [6.07, 6.45) is 1.68. The Morgan fingerprint density at radius 1 is 1.22 bits per heavy atom. The van der Waals surface area contributed by atoms with Gasteiger partial charge in [0, 0.05) is 39.3 Å². The van der Waals surface area contributed by atoms with E-state index in [2.05, 4.69) is 22.6 Å². The first kappa shape index (κ1) is 14.9. The monoisotopic (exact) mass is 437 g/mol. The minimum absolute atomic E-state index is 0.00333. The van der Waals surface area contributed by atoms with Crippen LogP contribution in [0, 0.1) is 3.57 Å². The molecule has 4 rings (SSSR count). The van der Waals surface area contributed by atoms with E-state index in [-0.39, 0.29) is 12.6 Å². The lowest BCUT2D eigenvalue weighted by atomic mass is 10.1. The van der Waals surface area contributed by atoms with Crippen molar-refractivity contribution in [2.75, 3.05) is 18.7 Å². The summed E-state index contributed by atoms with van der Waals surface area (Å²) in [4.78, 5) is 15.5. The molecule has 2 aromatic carbocycles. The number of hydrogen-bond donors (Lipinski definition) is 0. The third kappa shape index (κ3) is 2.70. The van der Waals surface area contributed by atoms with Gasteiger partial charge in [0.05, 0.1) is 10.7 Å². The van der Waals surface area contributed by atoms with Gasteiger partial charge in [-0.05, 0) is 34.7 Å². The van der Waals surface area contributed by atoms with E-state index >= 15 is 0 Å². The molecule has 0 bridgehead atoms. The Kier molecular flexibility index (Phi) is 3.73. The molecule has 0 aliphatic carbocycles. The van der Waals surface area contributed by atoms with Crippen LogP contribution in [0.2, 0.25) is 0 Å². The number of thioether (sulfide) groups is 1. The molecule has 2 aromatic rings. The van der Waals surface area contributed by atoms with Crippen molar-refractivity contribution in [1.82, 2.24) is 0 Å². The topological polar surface area (TPSA) is 38.8 Å². The average Bonchev–Trinajstić information content (AvgIpc) is 3.11. The van der Waals surface area contributed by atoms with Crippen molar-refractivity contribution in [1.29, 1.82) is 0 Å². The van der Waals surface area contributed by atoms with Crippen LogP contribution < -0.4 is 14.4 Å². The van der Waals surface area contributed by atoms with Crippen LogP contribution in [0.4, 0.5) is 5.69 Å². The van der Waals surface area contributed by atoms with Crippen LogP contribution in [0.15, 0.2) is 52.4 Å². The standard InChI is InChI=1S/C17H12INO3S/c1-19-12-6-14-15(22-9-21-14)8-16(12)23-17(19)7-13(20)10-2-4-11(18)5-3-10/h2-8H,9H2,1H3. The van der Waals surface area contributed by atoms with E-state index in [0.717, 1.165) is 30.7 Å². The Hall–Kier alpha value is -1.67. The highest BCUT2D eigenvalue weighted by molar-refractivity contribution is 14.1. The molecule has 116 valence electrons. The van der Waals surface area contributed by atoms with Crippen LogP contribution in [-0.4, -0.2) is 19.6 Å². The van der Waals surface area contributed by atoms with Crippen LogP contribution >= 0.6 is 34.4 Å². The Morgan fingerprint density at radius 3 is 2.65 bits per heavy atom. The summed E-state index contributed by atoms with van der Waals surface area (Å²) in [5.41, 5.74) is 1.72. The molecule has 2 aliphatic rings. The van der Waals surface area contributed by atoms with Crippen molar-refractivity contribution in [3.63, 3.8) is 0 Å². The lowest BCUT2D eigenvalue weighted by Crippen LogP contribution is -2.11. The SMILES string of the molecule is CN1C(=CC(=O)c2ccc(I)cc2)Sc2cc3c(cc21)OCO3. The van der Waals surface area contributed by atoms with E-state index in [1.807, 2.05) is 48.3 Å². The number of nitrogens with zero attached hydrogens (tertiary/aromatic N) is 1. The number of fused-ring (bicyclic) bond motifs is 2. The van der Waals surface area contributed by atoms with E-state index in [4.69, 9.17) is 9.47 Å². The summed E-state index contributed by atoms with van der Waals surface area (Å²) >= 11 is 3.79. The van der Waals surface area contributed by atoms with Crippen molar-refractivity contribution in [3.8, 4) is 11.5 Å². The first-order chi connectivity index (χ1) is 11.1. The van der Waals surface area contributed by atoms with Gasteiger partial charge in [-0.3, -0.25) is 4.79 Å². The number of allylic oxidation sites excluding steroid dienone is 1. The van der Waals surface area contributed by atoms with Gasteiger partial charge in [0.1, 0.15) is 0 Å². The summed E-state index contributed by atoms with van der Waals surface area (Å²) in [6.45, 7) is 0.264. The van der Waals surface area contributed by atoms with E-state index in [1.54, 1.807) is 17.8 Å². The fourth-order valence-corrected chi connectivity index (χ4v) is 3.94. The zero-order valence-corrected chi connectivity index (χ0v) is 15.2. The Labute approximate surface area is 151 Å². The first-order valence-corrected chi connectivity index (χ1v) is 8.88. The van der Waals surface area contributed by atoms with Gasteiger partial charge in [-0.15, -0.1) is 0 Å². The van der Waals surface area contributed by atoms with Crippen molar-refractivity contribution in [2.24, 2.45) is 0 Å². The second-order valence-electron chi connectivity index (χ2n) is 5.19. The zero-order chi connectivity index (χ0) is 16.0. The molecule has 0 amide bonds. The highest BCUT2D eigenvalue weighted by Crippen LogP contribution is 2.50. The quantitative estimate of drug-likeness (QED) is 0.399. The molecular weight excluding hydrogens is 425 g/mol. The van der Waals surface area contributed by atoms with E-state index in [1.165, 1.54) is 0 Å². The van der Waals surface area contributed by atoms with Crippen molar-refractivity contribution >= 4 is 45.8 Å². The molecular formula is C17H12INO3S. The molecule has 0 saturated heterocycles. The molecule has 2 heterocycles. The Bertz CT molecular complexity index is 832. The third-order valence-electron chi connectivity index (χ3n) is 3.74. The highest BCUT2D eigenvalue weighted by atomic mass is 127. The molecule has 0 fully saturated rings. The predicted octanol–water partition coefficient (Wildman–Crippen LogP) is 4.29. The molecule has 0 atom stereocenters. The van der Waals surface area contributed by atoms with Crippen LogP contribution in [0.3, 0.4) is 0 Å². The minimum Gasteiger partial charge on any atom is -0.454 e. The number of ketones is 1. The summed E-state index contributed by atoms with van der Waals surface area (Å²) in [6, 6.07) is 11.5. The second-order valence-corrected chi connectivity index (χ2v) is 7.50. The number of hydrogen-bond acceptors (Lipinski definition) is 5. The van der Waals surface area contributed by atoms with Gasteiger partial charge in [0.25, 0.3) is 0 Å². The van der Waals surface area contributed by atoms with Gasteiger partial charge in [-0.25, -0.2) is 0 Å². The second kappa shape index (κ2) is 5.76. The van der Waals surface area contributed by atoms with Crippen LogP contribution in [0.25, 0.3) is 0 Å². The highest BCUT2D eigenvalue weighted by Gasteiger charge is 2.27. The van der Waals surface area contributed by atoms with Crippen LogP contribution in [-0.2, 0) is 0 Å². The summed E-state index contributed by atoms with van der Waals surface area (Å²) in [7, 11) is 1.95. The maximum atomic E-state index is 12.4. The third-order valence-corrected chi connectivity index (χ3v) is 5.61. The maximum Gasteiger partial charge on any atom is 0.231 e. The Balaban J connectivity index is 1.63. The molecule has 4 nitrogen and oxygen atoms in total. The fraction of sp³-hybridized carbons (Fsp3) is 0.118. The number of anilines is 1. The summed E-state index contributed by atoms with van der Waals surface area (Å²) < 4.78 is 12.0. The average molecular weight is 437 g/mol. The smallest absolute Gasteiger partial charge is 0.231 e. The number of halogens is 1. The van der Waals surface area contributed by atoms with E-state index < -0.39 is 0 Å². The van der Waals surface area contributed by atoms with Gasteiger partial charge in [0.15, 0.2) is 17.3 Å². The van der Waals surface area contributed by atoms with Crippen molar-refractivity contribution < 1.29 is 14.3 Å². The van der Waals surface area contributed by atoms with Crippen LogP contribution in [0.1, 0.15) is 10.4 Å². The molecule has 0 unspecified atom stereocenters. The first-order valence-electron chi connectivity index (χ1n) is 6.98. The number of carbonyl (C=O) groups excluding carboxylic acids is 1. The maximum absolute atomic E-state index is 12.4. The summed E-state index contributed by atoms with van der Waals surface area (Å²) in [5, 5.41) is 0.896. The van der Waals surface area contributed by atoms with E-state index in [9.17, 15) is 4.79 Å². The lowest BCUT2D eigenvalue weighted by Gasteiger charge is -2.13. The van der Waals surface area contributed by atoms with Gasteiger partial charge in [-0.2, -0.15) is 0 Å². The molecule has 23 heavy (non-hydrogen) atoms. The molecule has 0 saturated carbocycles. The Morgan fingerprint density at radius 2 is 1.91 bits per heavy atom. The van der Waals surface area contributed by atoms with Gasteiger partial charge in [0.2, 0.25) is 6.79 Å².